The normalized spacial score (nSPS) is 23.5. The van der Waals surface area contributed by atoms with Crippen LogP contribution in [0.2, 0.25) is 0 Å². The van der Waals surface area contributed by atoms with Crippen LogP contribution < -0.4 is 5.32 Å². The van der Waals surface area contributed by atoms with Crippen molar-refractivity contribution in [2.45, 2.75) is 38.3 Å². The van der Waals surface area contributed by atoms with Gasteiger partial charge in [0.05, 0.1) is 11.3 Å². The molecule has 0 amide bonds. The highest BCUT2D eigenvalue weighted by Crippen LogP contribution is 2.30. The van der Waals surface area contributed by atoms with Gasteiger partial charge in [-0.3, -0.25) is 4.90 Å². The second kappa shape index (κ2) is 4.77. The minimum absolute atomic E-state index is 0.163. The maximum absolute atomic E-state index is 10.9. The van der Waals surface area contributed by atoms with Gasteiger partial charge in [-0.25, -0.2) is 14.8 Å². The molecular formula is C13H18N4O2. The first kappa shape index (κ1) is 12.3. The summed E-state index contributed by atoms with van der Waals surface area (Å²) in [5, 5.41) is 12.2. The number of nitrogens with zero attached hydrogens (tertiary/aromatic N) is 3. The summed E-state index contributed by atoms with van der Waals surface area (Å²) in [6.45, 7) is 3.86. The van der Waals surface area contributed by atoms with E-state index in [9.17, 15) is 4.79 Å². The Morgan fingerprint density at radius 1 is 1.47 bits per heavy atom. The third-order valence-electron chi connectivity index (χ3n) is 3.83. The van der Waals surface area contributed by atoms with Gasteiger partial charge in [-0.15, -0.1) is 0 Å². The summed E-state index contributed by atoms with van der Waals surface area (Å²) >= 11 is 0. The third kappa shape index (κ3) is 2.68. The third-order valence-corrected chi connectivity index (χ3v) is 3.83. The molecule has 1 atom stereocenters. The van der Waals surface area contributed by atoms with Crippen LogP contribution in [0, 0.1) is 6.92 Å². The Morgan fingerprint density at radius 3 is 2.89 bits per heavy atom. The second-order valence-electron chi connectivity index (χ2n) is 5.35. The maximum Gasteiger partial charge on any atom is 0.339 e. The highest BCUT2D eigenvalue weighted by atomic mass is 16.4. The van der Waals surface area contributed by atoms with Gasteiger partial charge in [0.1, 0.15) is 0 Å². The van der Waals surface area contributed by atoms with E-state index in [1.165, 1.54) is 19.0 Å². The van der Waals surface area contributed by atoms with Gasteiger partial charge in [-0.1, -0.05) is 0 Å². The molecule has 1 unspecified atom stereocenters. The lowest BCUT2D eigenvalue weighted by molar-refractivity contribution is 0.0695. The Bertz CT molecular complexity index is 501. The van der Waals surface area contributed by atoms with Crippen molar-refractivity contribution in [1.29, 1.82) is 0 Å². The van der Waals surface area contributed by atoms with E-state index in [1.54, 1.807) is 6.92 Å². The molecule has 1 saturated heterocycles. The number of anilines is 1. The molecule has 2 aliphatic rings. The van der Waals surface area contributed by atoms with Crippen molar-refractivity contribution >= 4 is 11.9 Å². The van der Waals surface area contributed by atoms with Gasteiger partial charge in [0.15, 0.2) is 0 Å². The largest absolute Gasteiger partial charge is 0.478 e. The molecule has 0 bridgehead atoms. The van der Waals surface area contributed by atoms with E-state index < -0.39 is 5.97 Å². The zero-order chi connectivity index (χ0) is 13.4. The van der Waals surface area contributed by atoms with E-state index in [0.29, 0.717) is 17.7 Å². The fraction of sp³-hybridized carbons (Fsp3) is 0.615. The first-order chi connectivity index (χ1) is 9.13. The lowest BCUT2D eigenvalue weighted by atomic mass is 10.2. The monoisotopic (exact) mass is 262 g/mol. The molecule has 0 radical (unpaired) electrons. The number of aromatic carboxylic acids is 1. The van der Waals surface area contributed by atoms with Crippen LogP contribution in [0.4, 0.5) is 5.95 Å². The van der Waals surface area contributed by atoms with E-state index >= 15 is 0 Å². The summed E-state index contributed by atoms with van der Waals surface area (Å²) in [7, 11) is 0. The van der Waals surface area contributed by atoms with E-state index in [1.807, 2.05) is 0 Å². The Balaban J connectivity index is 1.63. The van der Waals surface area contributed by atoms with E-state index in [-0.39, 0.29) is 5.56 Å². The molecule has 1 aromatic rings. The van der Waals surface area contributed by atoms with Crippen LogP contribution in [0.3, 0.4) is 0 Å². The zero-order valence-electron chi connectivity index (χ0n) is 11.0. The predicted octanol–water partition coefficient (Wildman–Crippen LogP) is 1.13. The standard InChI is InChI=1S/C13H18N4O2/c1-8-11(12(18)19)6-14-13(15-8)16-9-4-5-17(7-9)10-2-3-10/h6,9-10H,2-5,7H2,1H3,(H,18,19)(H,14,15,16). The van der Waals surface area contributed by atoms with Gasteiger partial charge in [0.25, 0.3) is 0 Å². The van der Waals surface area contributed by atoms with Crippen LogP contribution in [0.15, 0.2) is 6.20 Å². The molecule has 6 nitrogen and oxygen atoms in total. The minimum Gasteiger partial charge on any atom is -0.478 e. The van der Waals surface area contributed by atoms with E-state index in [2.05, 4.69) is 20.2 Å². The topological polar surface area (TPSA) is 78.4 Å². The van der Waals surface area contributed by atoms with Crippen LogP contribution in [0.25, 0.3) is 0 Å². The van der Waals surface area contributed by atoms with Crippen molar-refractivity contribution < 1.29 is 9.90 Å². The molecule has 1 aliphatic heterocycles. The van der Waals surface area contributed by atoms with Gasteiger partial charge in [-0.05, 0) is 26.2 Å². The highest BCUT2D eigenvalue weighted by Gasteiger charge is 2.34. The smallest absolute Gasteiger partial charge is 0.339 e. The van der Waals surface area contributed by atoms with Crippen LogP contribution in [0.5, 0.6) is 0 Å². The number of carbonyl (C=O) groups is 1. The fourth-order valence-electron chi connectivity index (χ4n) is 2.61. The molecule has 0 spiro atoms. The van der Waals surface area contributed by atoms with Gasteiger partial charge in [0.2, 0.25) is 5.95 Å². The summed E-state index contributed by atoms with van der Waals surface area (Å²) in [5.74, 6) is -0.449. The van der Waals surface area contributed by atoms with E-state index in [0.717, 1.165) is 25.6 Å². The quantitative estimate of drug-likeness (QED) is 0.847. The van der Waals surface area contributed by atoms with Crippen molar-refractivity contribution in [3.8, 4) is 0 Å². The molecule has 1 aliphatic carbocycles. The Morgan fingerprint density at radius 2 is 2.26 bits per heavy atom. The Labute approximate surface area is 111 Å². The molecule has 0 aromatic carbocycles. The van der Waals surface area contributed by atoms with Crippen molar-refractivity contribution in [3.63, 3.8) is 0 Å². The summed E-state index contributed by atoms with van der Waals surface area (Å²) in [4.78, 5) is 21.7. The number of likely N-dealkylation sites (tertiary alicyclic amines) is 1. The molecular weight excluding hydrogens is 244 g/mol. The minimum atomic E-state index is -0.982. The predicted molar refractivity (Wildman–Crippen MR) is 70.4 cm³/mol. The molecule has 3 rings (SSSR count). The van der Waals surface area contributed by atoms with Gasteiger partial charge in [0, 0.05) is 31.4 Å². The first-order valence-corrected chi connectivity index (χ1v) is 6.71. The molecule has 2 heterocycles. The van der Waals surface area contributed by atoms with Crippen molar-refractivity contribution in [2.24, 2.45) is 0 Å². The van der Waals surface area contributed by atoms with Crippen LogP contribution >= 0.6 is 0 Å². The Kier molecular flexibility index (Phi) is 3.10. The number of aromatic nitrogens is 2. The van der Waals surface area contributed by atoms with Gasteiger partial charge < -0.3 is 10.4 Å². The average Bonchev–Trinajstić information content (AvgIpc) is 3.10. The van der Waals surface area contributed by atoms with Crippen LogP contribution in [0.1, 0.15) is 35.3 Å². The average molecular weight is 262 g/mol. The molecule has 6 heteroatoms. The number of carboxylic acid groups (broad SMARTS) is 1. The van der Waals surface area contributed by atoms with Crippen LogP contribution in [-0.2, 0) is 0 Å². The van der Waals surface area contributed by atoms with Gasteiger partial charge >= 0.3 is 5.97 Å². The fourth-order valence-corrected chi connectivity index (χ4v) is 2.61. The van der Waals surface area contributed by atoms with Crippen molar-refractivity contribution in [3.05, 3.63) is 17.5 Å². The SMILES string of the molecule is Cc1nc(NC2CCN(C3CC3)C2)ncc1C(=O)O. The van der Waals surface area contributed by atoms with Crippen molar-refractivity contribution in [1.82, 2.24) is 14.9 Å². The zero-order valence-corrected chi connectivity index (χ0v) is 11.0. The summed E-state index contributed by atoms with van der Waals surface area (Å²) < 4.78 is 0. The highest BCUT2D eigenvalue weighted by molar-refractivity contribution is 5.88. The number of hydrogen-bond acceptors (Lipinski definition) is 5. The maximum atomic E-state index is 10.9. The summed E-state index contributed by atoms with van der Waals surface area (Å²) in [5.41, 5.74) is 0.665. The molecule has 1 saturated carbocycles. The molecule has 1 aromatic heterocycles. The molecule has 2 fully saturated rings. The lowest BCUT2D eigenvalue weighted by Gasteiger charge is -2.16. The second-order valence-corrected chi connectivity index (χ2v) is 5.35. The van der Waals surface area contributed by atoms with E-state index in [4.69, 9.17) is 5.11 Å². The summed E-state index contributed by atoms with van der Waals surface area (Å²) in [6.07, 6.45) is 5.13. The Hall–Kier alpha value is -1.69. The molecule has 2 N–H and O–H groups in total. The number of nitrogens with one attached hydrogen (secondary N) is 1. The number of carboxylic acids is 1. The number of aryl methyl sites for hydroxylation is 1. The summed E-state index contributed by atoms with van der Waals surface area (Å²) in [6, 6.07) is 1.17. The number of hydrogen-bond donors (Lipinski definition) is 2. The molecule has 19 heavy (non-hydrogen) atoms. The number of rotatable bonds is 4. The van der Waals surface area contributed by atoms with Crippen LogP contribution in [-0.4, -0.2) is 51.1 Å². The lowest BCUT2D eigenvalue weighted by Crippen LogP contribution is -2.28. The first-order valence-electron chi connectivity index (χ1n) is 6.71. The molecule has 102 valence electrons. The van der Waals surface area contributed by atoms with Crippen molar-refractivity contribution in [2.75, 3.05) is 18.4 Å². The van der Waals surface area contributed by atoms with Gasteiger partial charge in [-0.2, -0.15) is 0 Å².